The topological polar surface area (TPSA) is 83.7 Å². The van der Waals surface area contributed by atoms with Crippen molar-refractivity contribution in [1.29, 1.82) is 0 Å². The highest BCUT2D eigenvalue weighted by Gasteiger charge is 2.30. The Morgan fingerprint density at radius 1 is 1.33 bits per heavy atom. The highest BCUT2D eigenvalue weighted by atomic mass is 16.5. The molecule has 7 nitrogen and oxygen atoms in total. The molecule has 0 aliphatic carbocycles. The number of benzene rings is 1. The second-order valence-corrected chi connectivity index (χ2v) is 6.46. The average molecular weight is 334 g/mol. The van der Waals surface area contributed by atoms with Crippen LogP contribution < -0.4 is 26.2 Å². The van der Waals surface area contributed by atoms with Gasteiger partial charge in [0.05, 0.1) is 12.1 Å². The maximum atomic E-state index is 12.2. The minimum Gasteiger partial charge on any atom is -0.491 e. The molecule has 4 N–H and O–H groups in total. The monoisotopic (exact) mass is 334 g/mol. The van der Waals surface area contributed by atoms with Crippen LogP contribution in [0.4, 0.5) is 10.5 Å². The normalized spacial score (nSPS) is 29.4. The van der Waals surface area contributed by atoms with Crippen molar-refractivity contribution in [2.75, 3.05) is 18.5 Å². The molecule has 0 aromatic heterocycles. The lowest BCUT2D eigenvalue weighted by Gasteiger charge is -2.20. The summed E-state index contributed by atoms with van der Waals surface area (Å²) in [7, 11) is 0. The lowest BCUT2D eigenvalue weighted by atomic mass is 10.1. The van der Waals surface area contributed by atoms with Gasteiger partial charge in [0.15, 0.2) is 0 Å². The molecule has 3 atom stereocenters. The Morgan fingerprint density at radius 3 is 2.83 bits per heavy atom. The van der Waals surface area contributed by atoms with E-state index in [1.54, 1.807) is 0 Å². The van der Waals surface area contributed by atoms with Crippen molar-refractivity contribution in [3.8, 4) is 5.75 Å². The summed E-state index contributed by atoms with van der Waals surface area (Å²) in [5.74, 6) is 0.731. The van der Waals surface area contributed by atoms with Crippen molar-refractivity contribution in [3.63, 3.8) is 0 Å². The third-order valence-electron chi connectivity index (χ3n) is 4.47. The van der Waals surface area contributed by atoms with Crippen molar-refractivity contribution >= 4 is 11.7 Å². The zero-order valence-corrected chi connectivity index (χ0v) is 14.2. The first kappa shape index (κ1) is 17.0. The number of hydrazine groups is 1. The summed E-state index contributed by atoms with van der Waals surface area (Å²) < 4.78 is 11.3. The van der Waals surface area contributed by atoms with Crippen LogP contribution in [0.2, 0.25) is 0 Å². The van der Waals surface area contributed by atoms with Crippen LogP contribution in [0.15, 0.2) is 24.3 Å². The summed E-state index contributed by atoms with van der Waals surface area (Å²) in [6.45, 7) is 5.42. The van der Waals surface area contributed by atoms with E-state index in [1.807, 2.05) is 38.1 Å². The van der Waals surface area contributed by atoms with E-state index >= 15 is 0 Å². The number of urea groups is 1. The van der Waals surface area contributed by atoms with Crippen LogP contribution in [-0.2, 0) is 4.74 Å². The number of hydrogen-bond acceptors (Lipinski definition) is 5. The van der Waals surface area contributed by atoms with Crippen LogP contribution in [-0.4, -0.2) is 43.5 Å². The maximum absolute atomic E-state index is 12.2. The van der Waals surface area contributed by atoms with Gasteiger partial charge in [0.1, 0.15) is 12.4 Å². The molecular weight excluding hydrogens is 308 g/mol. The number of carbonyl (C=O) groups is 1. The molecule has 1 aromatic rings. The zero-order chi connectivity index (χ0) is 16.9. The molecule has 0 radical (unpaired) electrons. The lowest BCUT2D eigenvalue weighted by Crippen LogP contribution is -2.47. The molecule has 3 unspecified atom stereocenters. The number of ether oxygens (including phenoxy) is 2. The average Bonchev–Trinajstić information content (AvgIpc) is 3.19. The molecule has 132 valence electrons. The third-order valence-corrected chi connectivity index (χ3v) is 4.47. The molecule has 2 fully saturated rings. The minimum atomic E-state index is -0.222. The van der Waals surface area contributed by atoms with Gasteiger partial charge >= 0.3 is 6.03 Å². The lowest BCUT2D eigenvalue weighted by molar-refractivity contribution is 0.0680. The third kappa shape index (κ3) is 4.37. The van der Waals surface area contributed by atoms with Crippen LogP contribution in [0.1, 0.15) is 26.7 Å². The van der Waals surface area contributed by atoms with Gasteiger partial charge in [-0.25, -0.2) is 4.79 Å². The molecule has 2 aliphatic rings. The Balaban J connectivity index is 1.50. The molecule has 1 aromatic carbocycles. The highest BCUT2D eigenvalue weighted by molar-refractivity contribution is 5.89. The fourth-order valence-corrected chi connectivity index (χ4v) is 3.07. The highest BCUT2D eigenvalue weighted by Crippen LogP contribution is 2.19. The molecule has 0 saturated carbocycles. The van der Waals surface area contributed by atoms with Gasteiger partial charge in [0.25, 0.3) is 0 Å². The Hall–Kier alpha value is -1.83. The Kier molecular flexibility index (Phi) is 5.55. The molecule has 0 spiro atoms. The first-order valence-electron chi connectivity index (χ1n) is 8.55. The van der Waals surface area contributed by atoms with E-state index < -0.39 is 0 Å². The van der Waals surface area contributed by atoms with Gasteiger partial charge in [-0.1, -0.05) is 6.07 Å². The van der Waals surface area contributed by atoms with E-state index in [2.05, 4.69) is 21.5 Å². The standard InChI is InChI=1S/C17H26N4O3/c1-11-16(12(2)21-20-11)19-17(22)18-13-5-3-6-14(9-13)24-10-15-7-4-8-23-15/h3,5-6,9,11-12,15-16,20-21H,4,7-8,10H2,1-2H3,(H2,18,19,22). The molecule has 2 saturated heterocycles. The zero-order valence-electron chi connectivity index (χ0n) is 14.2. The predicted octanol–water partition coefficient (Wildman–Crippen LogP) is 1.62. The van der Waals surface area contributed by atoms with Crippen LogP contribution in [0, 0.1) is 0 Å². The second kappa shape index (κ2) is 7.83. The number of anilines is 1. The van der Waals surface area contributed by atoms with Gasteiger partial charge < -0.3 is 20.1 Å². The summed E-state index contributed by atoms with van der Waals surface area (Å²) in [4.78, 5) is 12.2. The summed E-state index contributed by atoms with van der Waals surface area (Å²) in [6, 6.07) is 7.57. The predicted molar refractivity (Wildman–Crippen MR) is 92.0 cm³/mol. The van der Waals surface area contributed by atoms with E-state index in [-0.39, 0.29) is 30.3 Å². The summed E-state index contributed by atoms with van der Waals surface area (Å²) in [6.07, 6.45) is 2.31. The number of amides is 2. The van der Waals surface area contributed by atoms with Crippen LogP contribution >= 0.6 is 0 Å². The maximum Gasteiger partial charge on any atom is 0.319 e. The Morgan fingerprint density at radius 2 is 2.12 bits per heavy atom. The summed E-state index contributed by atoms with van der Waals surface area (Å²) in [5, 5.41) is 5.85. The van der Waals surface area contributed by atoms with Gasteiger partial charge in [-0.3, -0.25) is 10.9 Å². The van der Waals surface area contributed by atoms with Gasteiger partial charge in [-0.05, 0) is 38.8 Å². The van der Waals surface area contributed by atoms with E-state index in [0.717, 1.165) is 25.2 Å². The smallest absolute Gasteiger partial charge is 0.319 e. The molecule has 2 amide bonds. The largest absolute Gasteiger partial charge is 0.491 e. The summed E-state index contributed by atoms with van der Waals surface area (Å²) >= 11 is 0. The summed E-state index contributed by atoms with van der Waals surface area (Å²) in [5.41, 5.74) is 6.94. The number of rotatable bonds is 5. The van der Waals surface area contributed by atoms with E-state index in [9.17, 15) is 4.79 Å². The van der Waals surface area contributed by atoms with Crippen LogP contribution in [0.5, 0.6) is 5.75 Å². The number of carbonyl (C=O) groups excluding carboxylic acids is 1. The van der Waals surface area contributed by atoms with E-state index in [0.29, 0.717) is 12.3 Å². The van der Waals surface area contributed by atoms with E-state index in [4.69, 9.17) is 9.47 Å². The van der Waals surface area contributed by atoms with Crippen molar-refractivity contribution in [2.24, 2.45) is 0 Å². The first-order chi connectivity index (χ1) is 11.6. The molecule has 7 heteroatoms. The Labute approximate surface area is 142 Å². The van der Waals surface area contributed by atoms with Crippen molar-refractivity contribution in [3.05, 3.63) is 24.3 Å². The number of nitrogens with one attached hydrogen (secondary N) is 4. The van der Waals surface area contributed by atoms with Gasteiger partial charge in [-0.2, -0.15) is 0 Å². The second-order valence-electron chi connectivity index (χ2n) is 6.46. The van der Waals surface area contributed by atoms with Crippen molar-refractivity contribution in [1.82, 2.24) is 16.2 Å². The molecule has 0 bridgehead atoms. The fraction of sp³-hybridized carbons (Fsp3) is 0.588. The molecule has 2 aliphatic heterocycles. The van der Waals surface area contributed by atoms with Crippen LogP contribution in [0.25, 0.3) is 0 Å². The Bertz CT molecular complexity index is 553. The van der Waals surface area contributed by atoms with Crippen molar-refractivity contribution in [2.45, 2.75) is 50.9 Å². The molecular formula is C17H26N4O3. The number of hydrogen-bond donors (Lipinski definition) is 4. The quantitative estimate of drug-likeness (QED) is 0.658. The molecule has 3 rings (SSSR count). The van der Waals surface area contributed by atoms with Crippen molar-refractivity contribution < 1.29 is 14.3 Å². The van der Waals surface area contributed by atoms with Crippen LogP contribution in [0.3, 0.4) is 0 Å². The van der Waals surface area contributed by atoms with Gasteiger partial charge in [0, 0.05) is 30.4 Å². The van der Waals surface area contributed by atoms with E-state index in [1.165, 1.54) is 0 Å². The fourth-order valence-electron chi connectivity index (χ4n) is 3.07. The van der Waals surface area contributed by atoms with Gasteiger partial charge in [0.2, 0.25) is 0 Å². The van der Waals surface area contributed by atoms with Gasteiger partial charge in [-0.15, -0.1) is 0 Å². The SMILES string of the molecule is CC1NNC(C)C1NC(=O)Nc1cccc(OCC2CCCO2)c1. The first-order valence-corrected chi connectivity index (χ1v) is 8.55. The minimum absolute atomic E-state index is 0.0314. The molecule has 2 heterocycles. The molecule has 24 heavy (non-hydrogen) atoms.